The Balaban J connectivity index is 1.54. The predicted octanol–water partition coefficient (Wildman–Crippen LogP) is 4.72. The highest BCUT2D eigenvalue weighted by Gasteiger charge is 2.36. The molecule has 2 heterocycles. The van der Waals surface area contributed by atoms with Crippen LogP contribution in [0.2, 0.25) is 0 Å². The molecule has 0 unspecified atom stereocenters. The molecule has 4 rings (SSSR count). The lowest BCUT2D eigenvalue weighted by atomic mass is 10.1. The Morgan fingerprint density at radius 1 is 1.17 bits per heavy atom. The molecule has 30 heavy (non-hydrogen) atoms. The van der Waals surface area contributed by atoms with Gasteiger partial charge in [0.15, 0.2) is 5.82 Å². The molecule has 1 atom stereocenters. The van der Waals surface area contributed by atoms with Gasteiger partial charge in [-0.05, 0) is 36.2 Å². The van der Waals surface area contributed by atoms with Gasteiger partial charge in [0.25, 0.3) is 5.89 Å². The number of alkyl halides is 3. The van der Waals surface area contributed by atoms with Crippen molar-refractivity contribution in [1.82, 2.24) is 10.1 Å². The zero-order chi connectivity index (χ0) is 21.3. The van der Waals surface area contributed by atoms with E-state index in [1.165, 1.54) is 23.8 Å². The van der Waals surface area contributed by atoms with Crippen molar-refractivity contribution in [1.29, 1.82) is 0 Å². The number of anilines is 1. The summed E-state index contributed by atoms with van der Waals surface area (Å²) in [5.41, 5.74) is 1.99. The Hall–Kier alpha value is -3.36. The largest absolute Gasteiger partial charge is 0.573 e. The number of aryl methyl sites for hydroxylation is 1. The maximum absolute atomic E-state index is 12.7. The summed E-state index contributed by atoms with van der Waals surface area (Å²) in [5.74, 6) is -0.649. The summed E-state index contributed by atoms with van der Waals surface area (Å²) in [7, 11) is 0. The highest BCUT2D eigenvalue weighted by molar-refractivity contribution is 5.96. The Bertz CT molecular complexity index is 1050. The van der Waals surface area contributed by atoms with E-state index in [0.29, 0.717) is 6.54 Å². The zero-order valence-corrected chi connectivity index (χ0v) is 16.0. The van der Waals surface area contributed by atoms with Crippen LogP contribution in [-0.4, -0.2) is 29.0 Å². The van der Waals surface area contributed by atoms with Gasteiger partial charge >= 0.3 is 6.36 Å². The number of nitrogens with zero attached hydrogens (tertiary/aromatic N) is 3. The van der Waals surface area contributed by atoms with E-state index < -0.39 is 12.1 Å². The van der Waals surface area contributed by atoms with Crippen LogP contribution in [0.3, 0.4) is 0 Å². The van der Waals surface area contributed by atoms with Gasteiger partial charge in [-0.1, -0.05) is 36.3 Å². The molecule has 0 bridgehead atoms. The minimum atomic E-state index is -4.84. The average molecular weight is 417 g/mol. The van der Waals surface area contributed by atoms with Crippen LogP contribution in [0.4, 0.5) is 18.9 Å². The minimum absolute atomic E-state index is 0.0323. The van der Waals surface area contributed by atoms with Gasteiger partial charge in [-0.2, -0.15) is 4.98 Å². The molecule has 0 aliphatic carbocycles. The Kier molecular flexibility index (Phi) is 5.19. The molecule has 0 N–H and O–H groups in total. The summed E-state index contributed by atoms with van der Waals surface area (Å²) in [5, 5.41) is 3.90. The smallest absolute Gasteiger partial charge is 0.405 e. The van der Waals surface area contributed by atoms with Crippen molar-refractivity contribution in [2.45, 2.75) is 32.0 Å². The third-order valence-electron chi connectivity index (χ3n) is 4.93. The second kappa shape index (κ2) is 7.81. The lowest BCUT2D eigenvalue weighted by Crippen LogP contribution is -2.24. The summed E-state index contributed by atoms with van der Waals surface area (Å²) in [6.07, 6.45) is -3.75. The first-order chi connectivity index (χ1) is 14.3. The fourth-order valence-corrected chi connectivity index (χ4v) is 3.41. The topological polar surface area (TPSA) is 68.5 Å². The van der Waals surface area contributed by atoms with E-state index in [2.05, 4.69) is 21.8 Å². The number of halogens is 3. The molecule has 1 aliphatic rings. The molecule has 1 aromatic heterocycles. The number of hydrogen-bond donors (Lipinski definition) is 0. The van der Waals surface area contributed by atoms with Crippen molar-refractivity contribution < 1.29 is 27.2 Å². The number of rotatable bonds is 5. The molecule has 1 amide bonds. The van der Waals surface area contributed by atoms with Crippen LogP contribution in [-0.2, 0) is 11.2 Å². The molecular formula is C21H18F3N3O3. The van der Waals surface area contributed by atoms with Crippen molar-refractivity contribution in [3.63, 3.8) is 0 Å². The molecule has 1 aliphatic heterocycles. The highest BCUT2D eigenvalue weighted by atomic mass is 19.4. The van der Waals surface area contributed by atoms with Crippen molar-refractivity contribution in [2.24, 2.45) is 0 Å². The maximum atomic E-state index is 12.7. The van der Waals surface area contributed by atoms with Gasteiger partial charge in [-0.15, -0.1) is 13.2 Å². The number of aromatic nitrogens is 2. The number of carbonyl (C=O) groups excluding carboxylic acids is 1. The van der Waals surface area contributed by atoms with E-state index in [1.54, 1.807) is 11.0 Å². The van der Waals surface area contributed by atoms with Gasteiger partial charge in [0.05, 0.1) is 5.56 Å². The number of ether oxygens (including phenoxy) is 1. The van der Waals surface area contributed by atoms with E-state index in [9.17, 15) is 18.0 Å². The molecule has 3 aromatic rings. The summed E-state index contributed by atoms with van der Waals surface area (Å²) in [6, 6.07) is 13.3. The van der Waals surface area contributed by atoms with Crippen LogP contribution in [0.25, 0.3) is 11.5 Å². The Labute approximate surface area is 170 Å². The number of carbonyl (C=O) groups is 1. The molecule has 2 aromatic carbocycles. The SMILES string of the molecule is CCc1ccc(N2C[C@H](c3noc(-c4ccccc4OC(F)(F)F)n3)CC2=O)cc1. The van der Waals surface area contributed by atoms with E-state index in [4.69, 9.17) is 4.52 Å². The second-order valence-corrected chi connectivity index (χ2v) is 6.93. The van der Waals surface area contributed by atoms with E-state index in [1.807, 2.05) is 24.3 Å². The molecule has 9 heteroatoms. The fourth-order valence-electron chi connectivity index (χ4n) is 3.41. The van der Waals surface area contributed by atoms with Gasteiger partial charge in [-0.25, -0.2) is 0 Å². The maximum Gasteiger partial charge on any atom is 0.573 e. The zero-order valence-electron chi connectivity index (χ0n) is 16.0. The number of para-hydroxylation sites is 1. The molecule has 0 radical (unpaired) electrons. The van der Waals surface area contributed by atoms with Gasteiger partial charge in [0, 0.05) is 24.6 Å². The monoisotopic (exact) mass is 417 g/mol. The molecule has 1 saturated heterocycles. The summed E-state index contributed by atoms with van der Waals surface area (Å²) >= 11 is 0. The quantitative estimate of drug-likeness (QED) is 0.601. The first-order valence-corrected chi connectivity index (χ1v) is 9.42. The third-order valence-corrected chi connectivity index (χ3v) is 4.93. The minimum Gasteiger partial charge on any atom is -0.405 e. The first-order valence-electron chi connectivity index (χ1n) is 9.42. The van der Waals surface area contributed by atoms with Crippen molar-refractivity contribution >= 4 is 11.6 Å². The normalized spacial score (nSPS) is 16.9. The van der Waals surface area contributed by atoms with Crippen molar-refractivity contribution in [2.75, 3.05) is 11.4 Å². The molecule has 6 nitrogen and oxygen atoms in total. The van der Waals surface area contributed by atoms with E-state index in [0.717, 1.165) is 12.1 Å². The van der Waals surface area contributed by atoms with E-state index in [-0.39, 0.29) is 35.5 Å². The van der Waals surface area contributed by atoms with Crippen molar-refractivity contribution in [3.8, 4) is 17.2 Å². The Morgan fingerprint density at radius 3 is 2.60 bits per heavy atom. The van der Waals surface area contributed by atoms with Gasteiger partial charge in [0.1, 0.15) is 5.75 Å². The van der Waals surface area contributed by atoms with Crippen LogP contribution in [0.15, 0.2) is 53.1 Å². The summed E-state index contributed by atoms with van der Waals surface area (Å²) in [4.78, 5) is 18.4. The first kappa shape index (κ1) is 19.9. The van der Waals surface area contributed by atoms with Crippen LogP contribution in [0.5, 0.6) is 5.75 Å². The number of amides is 1. The van der Waals surface area contributed by atoms with Crippen LogP contribution in [0, 0.1) is 0 Å². The average Bonchev–Trinajstić information content (AvgIpc) is 3.34. The fraction of sp³-hybridized carbons (Fsp3) is 0.286. The lowest BCUT2D eigenvalue weighted by Gasteiger charge is -2.16. The molecule has 0 spiro atoms. The predicted molar refractivity (Wildman–Crippen MR) is 102 cm³/mol. The van der Waals surface area contributed by atoms with E-state index >= 15 is 0 Å². The van der Waals surface area contributed by atoms with Crippen LogP contribution >= 0.6 is 0 Å². The highest BCUT2D eigenvalue weighted by Crippen LogP contribution is 2.35. The molecule has 1 fully saturated rings. The molecular weight excluding hydrogens is 399 g/mol. The van der Waals surface area contributed by atoms with Crippen LogP contribution in [0.1, 0.15) is 30.7 Å². The number of benzene rings is 2. The molecule has 0 saturated carbocycles. The third kappa shape index (κ3) is 4.14. The molecule has 156 valence electrons. The number of hydrogen-bond acceptors (Lipinski definition) is 5. The van der Waals surface area contributed by atoms with Gasteiger partial charge in [-0.3, -0.25) is 4.79 Å². The summed E-state index contributed by atoms with van der Waals surface area (Å²) < 4.78 is 47.2. The lowest BCUT2D eigenvalue weighted by molar-refractivity contribution is -0.274. The van der Waals surface area contributed by atoms with Crippen molar-refractivity contribution in [3.05, 3.63) is 59.9 Å². The summed E-state index contributed by atoms with van der Waals surface area (Å²) in [6.45, 7) is 2.42. The standard InChI is InChI=1S/C21H18F3N3O3/c1-2-13-7-9-15(10-8-13)27-12-14(11-18(27)28)19-25-20(30-26-19)16-5-3-4-6-17(16)29-21(22,23)24/h3-10,14H,2,11-12H2,1H3/t14-/m1/s1. The van der Waals surface area contributed by atoms with Gasteiger partial charge < -0.3 is 14.2 Å². The second-order valence-electron chi connectivity index (χ2n) is 6.93. The van der Waals surface area contributed by atoms with Crippen LogP contribution < -0.4 is 9.64 Å². The van der Waals surface area contributed by atoms with Gasteiger partial charge in [0.2, 0.25) is 5.91 Å². The Morgan fingerprint density at radius 2 is 1.90 bits per heavy atom.